The summed E-state index contributed by atoms with van der Waals surface area (Å²) >= 11 is 0. The number of rotatable bonds is 4. The van der Waals surface area contributed by atoms with E-state index in [2.05, 4.69) is 15.0 Å². The van der Waals surface area contributed by atoms with Crippen LogP contribution in [0.4, 0.5) is 5.69 Å². The maximum absolute atomic E-state index is 11.2. The van der Waals surface area contributed by atoms with E-state index in [0.717, 1.165) is 0 Å². The number of aromatic nitrogens is 1. The molecule has 0 amide bonds. The lowest BCUT2D eigenvalue weighted by Crippen LogP contribution is -2.13. The van der Waals surface area contributed by atoms with E-state index in [1.54, 1.807) is 12.2 Å². The molecule has 0 spiro atoms. The van der Waals surface area contributed by atoms with Gasteiger partial charge < -0.3 is 4.98 Å². The molecule has 0 bridgehead atoms. The third kappa shape index (κ3) is 2.93. The van der Waals surface area contributed by atoms with Crippen molar-refractivity contribution in [3.63, 3.8) is 0 Å². The van der Waals surface area contributed by atoms with Gasteiger partial charge in [0.05, 0.1) is 4.92 Å². The second-order valence-corrected chi connectivity index (χ2v) is 3.12. The summed E-state index contributed by atoms with van der Waals surface area (Å²) < 4.78 is 0. The lowest BCUT2D eigenvalue weighted by atomic mass is 10.1. The van der Waals surface area contributed by atoms with Crippen molar-refractivity contribution < 1.29 is 4.92 Å². The van der Waals surface area contributed by atoms with Gasteiger partial charge in [0.1, 0.15) is 0 Å². The van der Waals surface area contributed by atoms with E-state index in [0.29, 0.717) is 5.56 Å². The molecule has 0 saturated heterocycles. The second kappa shape index (κ2) is 5.47. The molecule has 0 fully saturated rings. The third-order valence-corrected chi connectivity index (χ3v) is 2.09. The van der Waals surface area contributed by atoms with Crippen LogP contribution in [-0.2, 0) is 0 Å². The highest BCUT2D eigenvalue weighted by atomic mass is 16.6. The predicted molar refractivity (Wildman–Crippen MR) is 61.5 cm³/mol. The van der Waals surface area contributed by atoms with Crippen molar-refractivity contribution in [3.8, 4) is 0 Å². The standard InChI is InChI=1S/C9H9N5O3/c1-6-7(3-2-4-12-13-10)5-11-9(15)8(6)14(16)17/h2-3,5H,4H2,1H3,(H,11,15). The zero-order chi connectivity index (χ0) is 12.8. The Balaban J connectivity index is 3.15. The molecule has 88 valence electrons. The van der Waals surface area contributed by atoms with Crippen molar-refractivity contribution in [2.24, 2.45) is 5.11 Å². The van der Waals surface area contributed by atoms with Gasteiger partial charge in [0.15, 0.2) is 0 Å². The summed E-state index contributed by atoms with van der Waals surface area (Å²) in [5, 5.41) is 13.9. The maximum Gasteiger partial charge on any atom is 0.337 e. The lowest BCUT2D eigenvalue weighted by Gasteiger charge is -2.00. The van der Waals surface area contributed by atoms with Crippen molar-refractivity contribution in [2.45, 2.75) is 6.92 Å². The van der Waals surface area contributed by atoms with Crippen LogP contribution in [0.25, 0.3) is 16.5 Å². The van der Waals surface area contributed by atoms with Crippen LogP contribution in [0, 0.1) is 17.0 Å². The minimum absolute atomic E-state index is 0.142. The number of aromatic amines is 1. The number of nitrogens with zero attached hydrogens (tertiary/aromatic N) is 4. The second-order valence-electron chi connectivity index (χ2n) is 3.12. The van der Waals surface area contributed by atoms with Gasteiger partial charge in [-0.15, -0.1) is 0 Å². The zero-order valence-electron chi connectivity index (χ0n) is 8.95. The minimum atomic E-state index is -0.736. The molecule has 8 nitrogen and oxygen atoms in total. The summed E-state index contributed by atoms with van der Waals surface area (Å²) in [5.74, 6) is 0. The summed E-state index contributed by atoms with van der Waals surface area (Å²) in [6.07, 6.45) is 4.47. The van der Waals surface area contributed by atoms with Gasteiger partial charge in [-0.25, -0.2) is 0 Å². The summed E-state index contributed by atoms with van der Waals surface area (Å²) in [5.41, 5.74) is 7.62. The number of hydrogen-bond donors (Lipinski definition) is 1. The van der Waals surface area contributed by atoms with Gasteiger partial charge in [0, 0.05) is 28.8 Å². The molecule has 1 heterocycles. The van der Waals surface area contributed by atoms with Crippen LogP contribution in [-0.4, -0.2) is 16.5 Å². The molecule has 8 heteroatoms. The average molecular weight is 235 g/mol. The summed E-state index contributed by atoms with van der Waals surface area (Å²) in [4.78, 5) is 26.0. The Labute approximate surface area is 95.4 Å². The number of nitrogens with one attached hydrogen (secondary N) is 1. The van der Waals surface area contributed by atoms with Crippen molar-refractivity contribution in [1.82, 2.24) is 4.98 Å². The Morgan fingerprint density at radius 1 is 1.71 bits per heavy atom. The first-order valence-electron chi connectivity index (χ1n) is 4.62. The smallest absolute Gasteiger partial charge is 0.323 e. The Kier molecular flexibility index (Phi) is 4.02. The van der Waals surface area contributed by atoms with E-state index >= 15 is 0 Å². The first kappa shape index (κ1) is 12.5. The minimum Gasteiger partial charge on any atom is -0.323 e. The molecule has 0 aromatic carbocycles. The van der Waals surface area contributed by atoms with Crippen LogP contribution in [0.2, 0.25) is 0 Å². The van der Waals surface area contributed by atoms with Gasteiger partial charge in [0.25, 0.3) is 0 Å². The van der Waals surface area contributed by atoms with E-state index in [9.17, 15) is 14.9 Å². The normalized spacial score (nSPS) is 10.2. The Morgan fingerprint density at radius 3 is 3.00 bits per heavy atom. The first-order chi connectivity index (χ1) is 8.07. The molecule has 1 aromatic heterocycles. The van der Waals surface area contributed by atoms with Gasteiger partial charge in [-0.3, -0.25) is 14.9 Å². The number of nitro groups is 1. The fraction of sp³-hybridized carbons (Fsp3) is 0.222. The van der Waals surface area contributed by atoms with Gasteiger partial charge >= 0.3 is 11.2 Å². The molecule has 17 heavy (non-hydrogen) atoms. The quantitative estimate of drug-likeness (QED) is 0.281. The number of pyridine rings is 1. The average Bonchev–Trinajstić information content (AvgIpc) is 2.26. The topological polar surface area (TPSA) is 125 Å². The molecule has 0 aliphatic carbocycles. The van der Waals surface area contributed by atoms with Gasteiger partial charge in [-0.1, -0.05) is 17.3 Å². The molecule has 0 unspecified atom stereocenters. The Morgan fingerprint density at radius 2 is 2.41 bits per heavy atom. The molecular formula is C9H9N5O3. The Bertz CT molecular complexity index is 568. The molecule has 0 aliphatic heterocycles. The number of azide groups is 1. The Hall–Kier alpha value is -2.60. The highest BCUT2D eigenvalue weighted by Gasteiger charge is 2.17. The SMILES string of the molecule is Cc1c(C=CCN=[N+]=[N-])c[nH]c(=O)c1[N+](=O)[O-]. The highest BCUT2D eigenvalue weighted by Crippen LogP contribution is 2.16. The lowest BCUT2D eigenvalue weighted by molar-refractivity contribution is -0.386. The molecule has 1 rings (SSSR count). The van der Waals surface area contributed by atoms with Crippen molar-refractivity contribution in [2.75, 3.05) is 6.54 Å². The fourth-order valence-electron chi connectivity index (χ4n) is 1.28. The molecule has 0 saturated carbocycles. The monoisotopic (exact) mass is 235 g/mol. The number of hydrogen-bond acceptors (Lipinski definition) is 4. The van der Waals surface area contributed by atoms with Crippen molar-refractivity contribution in [1.29, 1.82) is 0 Å². The molecular weight excluding hydrogens is 226 g/mol. The van der Waals surface area contributed by atoms with E-state index in [-0.39, 0.29) is 12.1 Å². The van der Waals surface area contributed by atoms with Crippen LogP contribution in [0.5, 0.6) is 0 Å². The van der Waals surface area contributed by atoms with Crippen LogP contribution >= 0.6 is 0 Å². The number of H-pyrrole nitrogens is 1. The maximum atomic E-state index is 11.2. The van der Waals surface area contributed by atoms with Gasteiger partial charge in [-0.05, 0) is 12.5 Å². The summed E-state index contributed by atoms with van der Waals surface area (Å²) in [6.45, 7) is 1.63. The largest absolute Gasteiger partial charge is 0.337 e. The van der Waals surface area contributed by atoms with Crippen LogP contribution in [0.15, 0.2) is 22.2 Å². The van der Waals surface area contributed by atoms with Gasteiger partial charge in [0.2, 0.25) is 0 Å². The fourth-order valence-corrected chi connectivity index (χ4v) is 1.28. The van der Waals surface area contributed by atoms with E-state index in [1.807, 2.05) is 0 Å². The van der Waals surface area contributed by atoms with Crippen LogP contribution in [0.3, 0.4) is 0 Å². The van der Waals surface area contributed by atoms with Crippen molar-refractivity contribution in [3.05, 3.63) is 54.3 Å². The zero-order valence-corrected chi connectivity index (χ0v) is 8.95. The predicted octanol–water partition coefficient (Wildman–Crippen LogP) is 1.92. The van der Waals surface area contributed by atoms with Crippen LogP contribution in [0.1, 0.15) is 11.1 Å². The van der Waals surface area contributed by atoms with Crippen LogP contribution < -0.4 is 5.56 Å². The molecule has 0 atom stereocenters. The molecule has 1 N–H and O–H groups in total. The highest BCUT2D eigenvalue weighted by molar-refractivity contribution is 5.57. The summed E-state index contributed by atoms with van der Waals surface area (Å²) in [7, 11) is 0. The molecule has 0 aliphatic rings. The molecule has 0 radical (unpaired) electrons. The van der Waals surface area contributed by atoms with Crippen molar-refractivity contribution >= 4 is 11.8 Å². The first-order valence-corrected chi connectivity index (χ1v) is 4.62. The third-order valence-electron chi connectivity index (χ3n) is 2.09. The molecule has 1 aromatic rings. The summed E-state index contributed by atoms with van der Waals surface area (Å²) in [6, 6.07) is 0. The van der Waals surface area contributed by atoms with E-state index < -0.39 is 16.2 Å². The van der Waals surface area contributed by atoms with E-state index in [1.165, 1.54) is 13.1 Å². The van der Waals surface area contributed by atoms with Gasteiger partial charge in [-0.2, -0.15) is 0 Å². The van der Waals surface area contributed by atoms with E-state index in [4.69, 9.17) is 5.53 Å².